The van der Waals surface area contributed by atoms with Gasteiger partial charge in [-0.25, -0.2) is 21.6 Å². The number of nitrogens with zero attached hydrogens (tertiary/aromatic N) is 1. The third-order valence-electron chi connectivity index (χ3n) is 5.47. The zero-order valence-electron chi connectivity index (χ0n) is 19.2. The standard InChI is InChI=1S/C23H31N3O6S2/c1-19-6-10-21(11-7-19)33(28,29)25-15-14-24-23(27)18-32-20-8-12-22(13-9-20)34(30,31)26-16-4-2-3-5-17-26/h6-13,25H,2-5,14-18H2,1H3,(H,24,27). The number of sulfonamides is 2. The third kappa shape index (κ3) is 7.26. The molecule has 9 nitrogen and oxygen atoms in total. The molecule has 1 saturated heterocycles. The summed E-state index contributed by atoms with van der Waals surface area (Å²) >= 11 is 0. The lowest BCUT2D eigenvalue weighted by atomic mass is 10.2. The van der Waals surface area contributed by atoms with E-state index in [0.717, 1.165) is 31.2 Å². The van der Waals surface area contributed by atoms with E-state index in [-0.39, 0.29) is 29.5 Å². The number of amides is 1. The quantitative estimate of drug-likeness (QED) is 0.473. The minimum Gasteiger partial charge on any atom is -0.484 e. The molecule has 1 aliphatic rings. The number of benzene rings is 2. The predicted octanol–water partition coefficient (Wildman–Crippen LogP) is 2.03. The van der Waals surface area contributed by atoms with Crippen LogP contribution in [0, 0.1) is 6.92 Å². The number of ether oxygens (including phenoxy) is 1. The Morgan fingerprint density at radius 3 is 2.06 bits per heavy atom. The van der Waals surface area contributed by atoms with Gasteiger partial charge in [0.15, 0.2) is 6.61 Å². The first-order chi connectivity index (χ1) is 16.2. The molecule has 1 heterocycles. The minimum absolute atomic E-state index is 0.0327. The first kappa shape index (κ1) is 26.1. The summed E-state index contributed by atoms with van der Waals surface area (Å²) in [7, 11) is -7.18. The van der Waals surface area contributed by atoms with E-state index in [0.29, 0.717) is 18.8 Å². The molecule has 2 aromatic rings. The number of hydrogen-bond donors (Lipinski definition) is 2. The van der Waals surface area contributed by atoms with Crippen molar-refractivity contribution in [2.24, 2.45) is 0 Å². The van der Waals surface area contributed by atoms with Gasteiger partial charge in [-0.1, -0.05) is 30.5 Å². The van der Waals surface area contributed by atoms with Crippen molar-refractivity contribution >= 4 is 26.0 Å². The van der Waals surface area contributed by atoms with E-state index in [9.17, 15) is 21.6 Å². The predicted molar refractivity (Wildman–Crippen MR) is 129 cm³/mol. The van der Waals surface area contributed by atoms with Crippen LogP contribution >= 0.6 is 0 Å². The molecule has 0 aromatic heterocycles. The number of carbonyl (C=O) groups excluding carboxylic acids is 1. The van der Waals surface area contributed by atoms with Gasteiger partial charge in [0.1, 0.15) is 5.75 Å². The monoisotopic (exact) mass is 509 g/mol. The summed E-state index contributed by atoms with van der Waals surface area (Å²) in [6.07, 6.45) is 3.81. The summed E-state index contributed by atoms with van der Waals surface area (Å²) in [6, 6.07) is 12.5. The van der Waals surface area contributed by atoms with E-state index in [1.165, 1.54) is 40.7 Å². The highest BCUT2D eigenvalue weighted by Gasteiger charge is 2.25. The first-order valence-electron chi connectivity index (χ1n) is 11.2. The molecule has 0 saturated carbocycles. The average Bonchev–Trinajstić information content (AvgIpc) is 3.11. The maximum atomic E-state index is 12.8. The smallest absolute Gasteiger partial charge is 0.257 e. The van der Waals surface area contributed by atoms with Crippen molar-refractivity contribution in [2.75, 3.05) is 32.8 Å². The Kier molecular flexibility index (Phi) is 9.06. The molecule has 1 aliphatic heterocycles. The van der Waals surface area contributed by atoms with Crippen LogP contribution in [-0.4, -0.2) is 59.8 Å². The van der Waals surface area contributed by atoms with Gasteiger partial charge in [-0.05, 0) is 56.2 Å². The van der Waals surface area contributed by atoms with Crippen LogP contribution < -0.4 is 14.8 Å². The lowest BCUT2D eigenvalue weighted by Crippen LogP contribution is -2.36. The van der Waals surface area contributed by atoms with Crippen molar-refractivity contribution in [3.05, 3.63) is 54.1 Å². The highest BCUT2D eigenvalue weighted by atomic mass is 32.2. The lowest BCUT2D eigenvalue weighted by Gasteiger charge is -2.20. The Balaban J connectivity index is 1.42. The van der Waals surface area contributed by atoms with E-state index in [2.05, 4.69) is 10.0 Å². The van der Waals surface area contributed by atoms with Crippen molar-refractivity contribution in [1.82, 2.24) is 14.3 Å². The largest absolute Gasteiger partial charge is 0.484 e. The van der Waals surface area contributed by atoms with Gasteiger partial charge >= 0.3 is 0 Å². The Morgan fingerprint density at radius 1 is 0.853 bits per heavy atom. The SMILES string of the molecule is Cc1ccc(S(=O)(=O)NCCNC(=O)COc2ccc(S(=O)(=O)N3CCCCCC3)cc2)cc1. The van der Waals surface area contributed by atoms with Crippen molar-refractivity contribution in [2.45, 2.75) is 42.4 Å². The third-order valence-corrected chi connectivity index (χ3v) is 8.86. The van der Waals surface area contributed by atoms with Gasteiger partial charge < -0.3 is 10.1 Å². The molecule has 186 valence electrons. The molecule has 0 atom stereocenters. The molecule has 0 radical (unpaired) electrons. The molecular formula is C23H31N3O6S2. The fourth-order valence-electron chi connectivity index (χ4n) is 3.53. The summed E-state index contributed by atoms with van der Waals surface area (Å²) in [5, 5.41) is 2.58. The van der Waals surface area contributed by atoms with Crippen LogP contribution in [-0.2, 0) is 24.8 Å². The van der Waals surface area contributed by atoms with Gasteiger partial charge in [0, 0.05) is 26.2 Å². The summed E-state index contributed by atoms with van der Waals surface area (Å²) in [5.41, 5.74) is 0.958. The van der Waals surface area contributed by atoms with Crippen LogP contribution in [0.4, 0.5) is 0 Å². The lowest BCUT2D eigenvalue weighted by molar-refractivity contribution is -0.123. The fourth-order valence-corrected chi connectivity index (χ4v) is 6.08. The first-order valence-corrected chi connectivity index (χ1v) is 14.2. The molecule has 1 fully saturated rings. The van der Waals surface area contributed by atoms with E-state index in [1.807, 2.05) is 6.92 Å². The number of carbonyl (C=O) groups is 1. The maximum Gasteiger partial charge on any atom is 0.257 e. The number of hydrogen-bond acceptors (Lipinski definition) is 6. The molecule has 2 N–H and O–H groups in total. The molecule has 3 rings (SSSR count). The highest BCUT2D eigenvalue weighted by molar-refractivity contribution is 7.89. The molecular weight excluding hydrogens is 478 g/mol. The van der Waals surface area contributed by atoms with Gasteiger partial charge in [-0.15, -0.1) is 0 Å². The van der Waals surface area contributed by atoms with Crippen LogP contribution in [0.25, 0.3) is 0 Å². The molecule has 0 aliphatic carbocycles. The Hall–Kier alpha value is -2.47. The van der Waals surface area contributed by atoms with E-state index in [4.69, 9.17) is 4.74 Å². The molecule has 1 amide bonds. The Bertz CT molecular complexity index is 1160. The van der Waals surface area contributed by atoms with Gasteiger partial charge in [-0.3, -0.25) is 4.79 Å². The normalized spacial score (nSPS) is 15.4. The van der Waals surface area contributed by atoms with Gasteiger partial charge in [0.25, 0.3) is 5.91 Å². The van der Waals surface area contributed by atoms with E-state index in [1.54, 1.807) is 12.1 Å². The van der Waals surface area contributed by atoms with Crippen molar-refractivity contribution in [1.29, 1.82) is 0 Å². The number of nitrogens with one attached hydrogen (secondary N) is 2. The second-order valence-electron chi connectivity index (χ2n) is 8.14. The van der Waals surface area contributed by atoms with Gasteiger partial charge in [-0.2, -0.15) is 4.31 Å². The minimum atomic E-state index is -3.64. The Morgan fingerprint density at radius 2 is 1.44 bits per heavy atom. The van der Waals surface area contributed by atoms with Gasteiger partial charge in [0.2, 0.25) is 20.0 Å². The summed E-state index contributed by atoms with van der Waals surface area (Å²) in [5.74, 6) is -0.0548. The summed E-state index contributed by atoms with van der Waals surface area (Å²) < 4.78 is 59.4. The molecule has 34 heavy (non-hydrogen) atoms. The van der Waals surface area contributed by atoms with Crippen LogP contribution in [0.2, 0.25) is 0 Å². The molecule has 11 heteroatoms. The van der Waals surface area contributed by atoms with Crippen LogP contribution in [0.5, 0.6) is 5.75 Å². The van der Waals surface area contributed by atoms with Crippen molar-refractivity contribution in [3.63, 3.8) is 0 Å². The highest BCUT2D eigenvalue weighted by Crippen LogP contribution is 2.22. The molecule has 2 aromatic carbocycles. The molecule has 0 unspecified atom stereocenters. The number of aryl methyl sites for hydroxylation is 1. The topological polar surface area (TPSA) is 122 Å². The zero-order chi connectivity index (χ0) is 24.6. The average molecular weight is 510 g/mol. The van der Waals surface area contributed by atoms with E-state index < -0.39 is 26.0 Å². The maximum absolute atomic E-state index is 12.8. The summed E-state index contributed by atoms with van der Waals surface area (Å²) in [6.45, 7) is 2.78. The number of rotatable bonds is 10. The summed E-state index contributed by atoms with van der Waals surface area (Å²) in [4.78, 5) is 12.4. The molecule has 0 spiro atoms. The van der Waals surface area contributed by atoms with Crippen LogP contribution in [0.3, 0.4) is 0 Å². The van der Waals surface area contributed by atoms with Crippen molar-refractivity contribution in [3.8, 4) is 5.75 Å². The second-order valence-corrected chi connectivity index (χ2v) is 11.8. The van der Waals surface area contributed by atoms with E-state index >= 15 is 0 Å². The zero-order valence-corrected chi connectivity index (χ0v) is 20.8. The Labute approximate surface area is 201 Å². The fraction of sp³-hybridized carbons (Fsp3) is 0.435. The molecule has 0 bridgehead atoms. The van der Waals surface area contributed by atoms with Crippen molar-refractivity contribution < 1.29 is 26.4 Å². The van der Waals surface area contributed by atoms with Gasteiger partial charge in [0.05, 0.1) is 9.79 Å². The van der Waals surface area contributed by atoms with Crippen LogP contribution in [0.1, 0.15) is 31.2 Å². The second kappa shape index (κ2) is 11.8. The van der Waals surface area contributed by atoms with Crippen LogP contribution in [0.15, 0.2) is 58.3 Å².